The van der Waals surface area contributed by atoms with Crippen LogP contribution in [0.15, 0.2) is 29.3 Å². The van der Waals surface area contributed by atoms with Crippen molar-refractivity contribution >= 4 is 12.4 Å². The lowest BCUT2D eigenvalue weighted by molar-refractivity contribution is -0.114. The van der Waals surface area contributed by atoms with E-state index >= 15 is 0 Å². The van der Waals surface area contributed by atoms with E-state index in [-0.39, 0.29) is 18.4 Å². The molecule has 1 atom stereocenters. The minimum atomic E-state index is -0.574. The number of guanidine groups is 1. The van der Waals surface area contributed by atoms with E-state index in [4.69, 9.17) is 10.5 Å². The molecular weight excluding hydrogens is 321 g/mol. The van der Waals surface area contributed by atoms with E-state index in [0.29, 0.717) is 18.1 Å². The average molecular weight is 349 g/mol. The van der Waals surface area contributed by atoms with Gasteiger partial charge < -0.3 is 10.5 Å². The number of nitrogens with zero attached hydrogens (tertiary/aromatic N) is 2. The van der Waals surface area contributed by atoms with Crippen LogP contribution in [0, 0.1) is 11.7 Å². The fourth-order valence-electron chi connectivity index (χ4n) is 3.36. The predicted molar refractivity (Wildman–Crippen MR) is 96.9 cm³/mol. The maximum absolute atomic E-state index is 13.3. The first-order valence-electron chi connectivity index (χ1n) is 8.84. The molecule has 2 N–H and O–H groups in total. The number of ether oxygens (including phenoxy) is 1. The molecule has 1 aliphatic rings. The lowest BCUT2D eigenvalue weighted by atomic mass is 9.80. The van der Waals surface area contributed by atoms with Gasteiger partial charge in [0.15, 0.2) is 5.96 Å². The molecule has 1 aromatic rings. The molecule has 1 aromatic carbocycles. The highest BCUT2D eigenvalue weighted by Gasteiger charge is 2.30. The van der Waals surface area contributed by atoms with E-state index in [0.717, 1.165) is 6.42 Å². The van der Waals surface area contributed by atoms with Gasteiger partial charge in [-0.25, -0.2) is 9.38 Å². The maximum Gasteiger partial charge on any atom is 0.216 e. The zero-order valence-electron chi connectivity index (χ0n) is 15.1. The minimum Gasteiger partial charge on any atom is -0.491 e. The Kier molecular flexibility index (Phi) is 6.79. The summed E-state index contributed by atoms with van der Waals surface area (Å²) in [7, 11) is 1.57. The summed E-state index contributed by atoms with van der Waals surface area (Å²) in [6, 6.07) is 6.06. The lowest BCUT2D eigenvalue weighted by Crippen LogP contribution is -2.41. The molecule has 0 radical (unpaired) electrons. The zero-order chi connectivity index (χ0) is 18.3. The highest BCUT2D eigenvalue weighted by Crippen LogP contribution is 2.33. The van der Waals surface area contributed by atoms with Gasteiger partial charge in [0.1, 0.15) is 18.2 Å². The van der Waals surface area contributed by atoms with Crippen LogP contribution in [-0.2, 0) is 4.79 Å². The number of aliphatic imine (C=N–C) groups is 1. The molecule has 0 aliphatic heterocycles. The van der Waals surface area contributed by atoms with Crippen LogP contribution in [0.3, 0.4) is 0 Å². The van der Waals surface area contributed by atoms with Crippen molar-refractivity contribution in [3.8, 4) is 5.75 Å². The molecule has 1 amide bonds. The number of rotatable bonds is 7. The molecule has 0 heterocycles. The zero-order valence-corrected chi connectivity index (χ0v) is 15.1. The smallest absolute Gasteiger partial charge is 0.216 e. The molecule has 2 rings (SSSR count). The van der Waals surface area contributed by atoms with Crippen LogP contribution in [0.4, 0.5) is 4.39 Å². The number of carbonyl (C=O) groups is 1. The topological polar surface area (TPSA) is 67.9 Å². The number of benzene rings is 1. The minimum absolute atomic E-state index is 0.163. The Morgan fingerprint density at radius 2 is 2.16 bits per heavy atom. The molecule has 1 unspecified atom stereocenters. The van der Waals surface area contributed by atoms with E-state index in [1.165, 1.54) is 49.1 Å². The van der Waals surface area contributed by atoms with Gasteiger partial charge in [0.05, 0.1) is 5.54 Å². The van der Waals surface area contributed by atoms with Crippen LogP contribution in [0.2, 0.25) is 0 Å². The number of amides is 1. The third-order valence-electron chi connectivity index (χ3n) is 4.70. The highest BCUT2D eigenvalue weighted by molar-refractivity contribution is 5.87. The summed E-state index contributed by atoms with van der Waals surface area (Å²) in [5, 5.41) is 0. The van der Waals surface area contributed by atoms with Crippen molar-refractivity contribution < 1.29 is 13.9 Å². The van der Waals surface area contributed by atoms with Gasteiger partial charge in [0.25, 0.3) is 0 Å². The number of nitrogens with two attached hydrogens (primary N) is 1. The molecule has 0 aromatic heterocycles. The number of hydrogen-bond acceptors (Lipinski definition) is 3. The quantitative estimate of drug-likeness (QED) is 0.466. The van der Waals surface area contributed by atoms with Crippen molar-refractivity contribution in [1.82, 2.24) is 4.90 Å². The second-order valence-electron chi connectivity index (χ2n) is 7.14. The first-order chi connectivity index (χ1) is 11.9. The van der Waals surface area contributed by atoms with Gasteiger partial charge >= 0.3 is 0 Å². The standard InChI is InChI=1S/C19H28FN3O2/c1-19(22-18(21)23(2)14-24,12-15-7-4-3-5-8-15)13-25-17-10-6-9-16(20)11-17/h6,9-11,14-15H,3-5,7-8,12-13H2,1-2H3,(H2,21,22). The third kappa shape index (κ3) is 6.03. The Morgan fingerprint density at radius 3 is 2.80 bits per heavy atom. The predicted octanol–water partition coefficient (Wildman–Crippen LogP) is 3.34. The Labute approximate surface area is 149 Å². The van der Waals surface area contributed by atoms with E-state index in [1.54, 1.807) is 19.2 Å². The Hall–Kier alpha value is -2.11. The van der Waals surface area contributed by atoms with Crippen molar-refractivity contribution in [2.75, 3.05) is 13.7 Å². The number of halogens is 1. The number of hydrogen-bond donors (Lipinski definition) is 1. The van der Waals surface area contributed by atoms with Gasteiger partial charge in [-0.2, -0.15) is 0 Å². The van der Waals surface area contributed by atoms with Gasteiger partial charge in [-0.15, -0.1) is 0 Å². The third-order valence-corrected chi connectivity index (χ3v) is 4.70. The fourth-order valence-corrected chi connectivity index (χ4v) is 3.36. The number of carbonyl (C=O) groups excluding carboxylic acids is 1. The second kappa shape index (κ2) is 8.83. The maximum atomic E-state index is 13.3. The molecule has 138 valence electrons. The van der Waals surface area contributed by atoms with Gasteiger partial charge in [-0.05, 0) is 31.4 Å². The molecule has 1 aliphatic carbocycles. The SMILES string of the molecule is CN(C=O)C(N)=NC(C)(COc1cccc(F)c1)CC1CCCCC1. The van der Waals surface area contributed by atoms with Crippen LogP contribution >= 0.6 is 0 Å². The van der Waals surface area contributed by atoms with Crippen molar-refractivity contribution in [2.45, 2.75) is 51.0 Å². The van der Waals surface area contributed by atoms with Crippen molar-refractivity contribution in [3.05, 3.63) is 30.1 Å². The Balaban J connectivity index is 2.13. The fraction of sp³-hybridized carbons (Fsp3) is 0.579. The van der Waals surface area contributed by atoms with Gasteiger partial charge in [0.2, 0.25) is 6.41 Å². The van der Waals surface area contributed by atoms with Crippen molar-refractivity contribution in [3.63, 3.8) is 0 Å². The molecule has 1 saturated carbocycles. The van der Waals surface area contributed by atoms with Gasteiger partial charge in [0, 0.05) is 13.1 Å². The summed E-state index contributed by atoms with van der Waals surface area (Å²) in [6.45, 7) is 2.26. The average Bonchev–Trinajstić information content (AvgIpc) is 2.60. The first-order valence-corrected chi connectivity index (χ1v) is 8.84. The largest absolute Gasteiger partial charge is 0.491 e. The monoisotopic (exact) mass is 349 g/mol. The Morgan fingerprint density at radius 1 is 1.44 bits per heavy atom. The molecule has 0 spiro atoms. The van der Waals surface area contributed by atoms with Crippen molar-refractivity contribution in [2.24, 2.45) is 16.6 Å². The van der Waals surface area contributed by atoms with Crippen LogP contribution in [0.25, 0.3) is 0 Å². The summed E-state index contributed by atoms with van der Waals surface area (Å²) >= 11 is 0. The normalized spacial score (nSPS) is 18.4. The highest BCUT2D eigenvalue weighted by atomic mass is 19.1. The molecule has 1 fully saturated rings. The molecule has 6 heteroatoms. The Bertz CT molecular complexity index is 602. The summed E-state index contributed by atoms with van der Waals surface area (Å²) in [5.74, 6) is 0.853. The summed E-state index contributed by atoms with van der Waals surface area (Å²) in [6.07, 6.45) is 7.57. The van der Waals surface area contributed by atoms with Crippen LogP contribution in [-0.4, -0.2) is 36.5 Å². The lowest BCUT2D eigenvalue weighted by Gasteiger charge is -2.32. The summed E-state index contributed by atoms with van der Waals surface area (Å²) < 4.78 is 19.1. The molecule has 0 bridgehead atoms. The van der Waals surface area contributed by atoms with Gasteiger partial charge in [-0.3, -0.25) is 9.69 Å². The van der Waals surface area contributed by atoms with Crippen LogP contribution < -0.4 is 10.5 Å². The van der Waals surface area contributed by atoms with Gasteiger partial charge in [-0.1, -0.05) is 38.2 Å². The molecule has 25 heavy (non-hydrogen) atoms. The first kappa shape index (κ1) is 19.2. The summed E-state index contributed by atoms with van der Waals surface area (Å²) in [4.78, 5) is 16.8. The molecule has 5 nitrogen and oxygen atoms in total. The summed E-state index contributed by atoms with van der Waals surface area (Å²) in [5.41, 5.74) is 5.37. The second-order valence-corrected chi connectivity index (χ2v) is 7.14. The van der Waals surface area contributed by atoms with Crippen LogP contribution in [0.1, 0.15) is 45.4 Å². The molecule has 0 saturated heterocycles. The van der Waals surface area contributed by atoms with E-state index in [2.05, 4.69) is 4.99 Å². The van der Waals surface area contributed by atoms with E-state index in [9.17, 15) is 9.18 Å². The van der Waals surface area contributed by atoms with E-state index < -0.39 is 5.54 Å². The van der Waals surface area contributed by atoms with E-state index in [1.807, 2.05) is 6.92 Å². The molecular formula is C19H28FN3O2. The van der Waals surface area contributed by atoms with Crippen LogP contribution in [0.5, 0.6) is 5.75 Å². The van der Waals surface area contributed by atoms with Crippen molar-refractivity contribution in [1.29, 1.82) is 0 Å².